The Kier molecular flexibility index (Phi) is 8.10. The number of rotatable bonds is 7. The predicted molar refractivity (Wildman–Crippen MR) is 109 cm³/mol. The van der Waals surface area contributed by atoms with Gasteiger partial charge in [0.2, 0.25) is 5.89 Å². The number of oxazole rings is 1. The van der Waals surface area contributed by atoms with Crippen LogP contribution in [0.15, 0.2) is 15.6 Å². The Hall–Kier alpha value is -1.60. The van der Waals surface area contributed by atoms with Gasteiger partial charge in [0.15, 0.2) is 5.96 Å². The molecule has 0 aromatic carbocycles. The van der Waals surface area contributed by atoms with Gasteiger partial charge in [-0.15, -0.1) is 0 Å². The molecular weight excluding hydrogens is 342 g/mol. The van der Waals surface area contributed by atoms with Crippen LogP contribution in [0.2, 0.25) is 0 Å². The zero-order chi connectivity index (χ0) is 19.9. The van der Waals surface area contributed by atoms with E-state index in [0.717, 1.165) is 50.8 Å². The molecule has 1 fully saturated rings. The minimum Gasteiger partial charge on any atom is -0.443 e. The number of ether oxygens (including phenoxy) is 1. The van der Waals surface area contributed by atoms with Gasteiger partial charge in [0.25, 0.3) is 0 Å². The molecule has 0 aliphatic carbocycles. The standard InChI is InChI=1S/C20H37N5O2/c1-15(2)26-12-11-25-9-7-16(8-10-25)24-19(21-6)23-14-18-22-13-17(27-18)20(3,4)5/h13,15-16H,7-12,14H2,1-6H3,(H2,21,23,24). The first-order valence-electron chi connectivity index (χ1n) is 10.0. The van der Waals surface area contributed by atoms with Crippen molar-refractivity contribution in [3.05, 3.63) is 17.8 Å². The second-order valence-corrected chi connectivity index (χ2v) is 8.47. The van der Waals surface area contributed by atoms with Gasteiger partial charge in [-0.05, 0) is 26.7 Å². The molecule has 7 heteroatoms. The van der Waals surface area contributed by atoms with Crippen molar-refractivity contribution in [2.75, 3.05) is 33.3 Å². The molecule has 7 nitrogen and oxygen atoms in total. The molecule has 154 valence electrons. The zero-order valence-electron chi connectivity index (χ0n) is 17.8. The monoisotopic (exact) mass is 379 g/mol. The summed E-state index contributed by atoms with van der Waals surface area (Å²) in [5.41, 5.74) is -0.0284. The Morgan fingerprint density at radius 1 is 1.37 bits per heavy atom. The average Bonchev–Trinajstić information content (AvgIpc) is 3.09. The number of piperidine rings is 1. The van der Waals surface area contributed by atoms with Crippen molar-refractivity contribution in [3.8, 4) is 0 Å². The number of aliphatic imine (C=N–C) groups is 1. The van der Waals surface area contributed by atoms with Crippen molar-refractivity contribution in [1.29, 1.82) is 0 Å². The van der Waals surface area contributed by atoms with Crippen LogP contribution in [0.5, 0.6) is 0 Å². The van der Waals surface area contributed by atoms with Crippen LogP contribution < -0.4 is 10.6 Å². The van der Waals surface area contributed by atoms with Crippen LogP contribution in [0, 0.1) is 0 Å². The van der Waals surface area contributed by atoms with E-state index in [2.05, 4.69) is 60.1 Å². The lowest BCUT2D eigenvalue weighted by Gasteiger charge is -2.33. The maximum absolute atomic E-state index is 5.83. The molecule has 1 aliphatic rings. The molecule has 2 N–H and O–H groups in total. The molecular formula is C20H37N5O2. The van der Waals surface area contributed by atoms with Crippen LogP contribution in [-0.2, 0) is 16.7 Å². The molecule has 2 heterocycles. The van der Waals surface area contributed by atoms with E-state index in [9.17, 15) is 0 Å². The molecule has 2 rings (SSSR count). The van der Waals surface area contributed by atoms with Crippen molar-refractivity contribution >= 4 is 5.96 Å². The van der Waals surface area contributed by atoms with Crippen LogP contribution in [0.4, 0.5) is 0 Å². The fourth-order valence-electron chi connectivity index (χ4n) is 3.00. The van der Waals surface area contributed by atoms with E-state index in [1.807, 2.05) is 6.20 Å². The quantitative estimate of drug-likeness (QED) is 0.560. The molecule has 0 amide bonds. The number of likely N-dealkylation sites (tertiary alicyclic amines) is 1. The van der Waals surface area contributed by atoms with E-state index >= 15 is 0 Å². The average molecular weight is 380 g/mol. The zero-order valence-corrected chi connectivity index (χ0v) is 17.8. The lowest BCUT2D eigenvalue weighted by molar-refractivity contribution is 0.0532. The fourth-order valence-corrected chi connectivity index (χ4v) is 3.00. The third-order valence-electron chi connectivity index (χ3n) is 4.71. The summed E-state index contributed by atoms with van der Waals surface area (Å²) in [7, 11) is 1.80. The van der Waals surface area contributed by atoms with Crippen LogP contribution in [0.3, 0.4) is 0 Å². The number of hydrogen-bond acceptors (Lipinski definition) is 5. The van der Waals surface area contributed by atoms with E-state index < -0.39 is 0 Å². The number of guanidine groups is 1. The molecule has 1 saturated heterocycles. The Labute approximate surface area is 164 Å². The molecule has 0 saturated carbocycles. The van der Waals surface area contributed by atoms with Crippen LogP contribution in [-0.4, -0.2) is 61.3 Å². The molecule has 0 spiro atoms. The highest BCUT2D eigenvalue weighted by Crippen LogP contribution is 2.22. The van der Waals surface area contributed by atoms with Gasteiger partial charge in [0.1, 0.15) is 5.76 Å². The summed E-state index contributed by atoms with van der Waals surface area (Å²) < 4.78 is 11.5. The molecule has 1 aliphatic heterocycles. The van der Waals surface area contributed by atoms with Crippen molar-refractivity contribution < 1.29 is 9.15 Å². The SMILES string of the molecule is CN=C(NCc1ncc(C(C)(C)C)o1)NC1CCN(CCOC(C)C)CC1. The summed E-state index contributed by atoms with van der Waals surface area (Å²) >= 11 is 0. The molecule has 1 aromatic rings. The van der Waals surface area contributed by atoms with E-state index in [-0.39, 0.29) is 5.41 Å². The summed E-state index contributed by atoms with van der Waals surface area (Å²) in [4.78, 5) is 11.2. The van der Waals surface area contributed by atoms with Gasteiger partial charge in [-0.3, -0.25) is 4.99 Å². The molecule has 0 bridgehead atoms. The van der Waals surface area contributed by atoms with Gasteiger partial charge in [-0.25, -0.2) is 4.98 Å². The number of nitrogens with one attached hydrogen (secondary N) is 2. The Morgan fingerprint density at radius 2 is 2.07 bits per heavy atom. The smallest absolute Gasteiger partial charge is 0.213 e. The maximum atomic E-state index is 5.83. The van der Waals surface area contributed by atoms with Gasteiger partial charge in [0.05, 0.1) is 25.5 Å². The predicted octanol–water partition coefficient (Wildman–Crippen LogP) is 2.53. The van der Waals surface area contributed by atoms with Gasteiger partial charge < -0.3 is 24.7 Å². The van der Waals surface area contributed by atoms with Crippen molar-refractivity contribution in [2.24, 2.45) is 4.99 Å². The summed E-state index contributed by atoms with van der Waals surface area (Å²) in [5, 5.41) is 6.82. The highest BCUT2D eigenvalue weighted by atomic mass is 16.5. The van der Waals surface area contributed by atoms with Crippen molar-refractivity contribution in [2.45, 2.75) is 71.6 Å². The first kappa shape index (κ1) is 21.7. The third-order valence-corrected chi connectivity index (χ3v) is 4.71. The molecule has 1 aromatic heterocycles. The van der Waals surface area contributed by atoms with Crippen LogP contribution in [0.1, 0.15) is 59.1 Å². The molecule has 0 atom stereocenters. The topological polar surface area (TPSA) is 74.9 Å². The Balaban J connectivity index is 1.71. The Morgan fingerprint density at radius 3 is 2.63 bits per heavy atom. The minimum atomic E-state index is -0.0284. The van der Waals surface area contributed by atoms with E-state index in [4.69, 9.17) is 9.15 Å². The first-order chi connectivity index (χ1) is 12.8. The Bertz CT molecular complexity index is 583. The maximum Gasteiger partial charge on any atom is 0.213 e. The van der Waals surface area contributed by atoms with E-state index in [1.54, 1.807) is 7.05 Å². The van der Waals surface area contributed by atoms with Crippen molar-refractivity contribution in [3.63, 3.8) is 0 Å². The summed E-state index contributed by atoms with van der Waals surface area (Å²) in [5.74, 6) is 2.38. The summed E-state index contributed by atoms with van der Waals surface area (Å²) in [6, 6.07) is 0.438. The van der Waals surface area contributed by atoms with E-state index in [1.165, 1.54) is 0 Å². The second-order valence-electron chi connectivity index (χ2n) is 8.47. The fraction of sp³-hybridized carbons (Fsp3) is 0.800. The molecule has 27 heavy (non-hydrogen) atoms. The van der Waals surface area contributed by atoms with Crippen LogP contribution in [0.25, 0.3) is 0 Å². The third kappa shape index (κ3) is 7.50. The molecule has 0 unspecified atom stereocenters. The van der Waals surface area contributed by atoms with Gasteiger partial charge in [0, 0.05) is 38.1 Å². The summed E-state index contributed by atoms with van der Waals surface area (Å²) in [6.07, 6.45) is 4.33. The highest BCUT2D eigenvalue weighted by Gasteiger charge is 2.21. The lowest BCUT2D eigenvalue weighted by atomic mass is 9.94. The van der Waals surface area contributed by atoms with Gasteiger partial charge in [-0.1, -0.05) is 20.8 Å². The van der Waals surface area contributed by atoms with Gasteiger partial charge in [-0.2, -0.15) is 0 Å². The lowest BCUT2D eigenvalue weighted by Crippen LogP contribution is -2.49. The molecule has 0 radical (unpaired) electrons. The van der Waals surface area contributed by atoms with E-state index in [0.29, 0.717) is 24.6 Å². The summed E-state index contributed by atoms with van der Waals surface area (Å²) in [6.45, 7) is 15.0. The number of hydrogen-bond donors (Lipinski definition) is 2. The van der Waals surface area contributed by atoms with Crippen molar-refractivity contribution in [1.82, 2.24) is 20.5 Å². The number of nitrogens with zero attached hydrogens (tertiary/aromatic N) is 3. The largest absolute Gasteiger partial charge is 0.443 e. The van der Waals surface area contributed by atoms with Crippen LogP contribution >= 0.6 is 0 Å². The van der Waals surface area contributed by atoms with Gasteiger partial charge >= 0.3 is 0 Å². The minimum absolute atomic E-state index is 0.0284. The second kappa shape index (κ2) is 10.1. The highest BCUT2D eigenvalue weighted by molar-refractivity contribution is 5.79. The number of aromatic nitrogens is 1. The normalized spacial score (nSPS) is 17.5. The first-order valence-corrected chi connectivity index (χ1v) is 10.0.